The second-order valence-electron chi connectivity index (χ2n) is 4.58. The van der Waals surface area contributed by atoms with Gasteiger partial charge in [-0.2, -0.15) is 0 Å². The largest absolute Gasteiger partial charge is 0.298 e. The molecule has 4 nitrogen and oxygen atoms in total. The first kappa shape index (κ1) is 17.9. The predicted octanol–water partition coefficient (Wildman–Crippen LogP) is 4.38. The van der Waals surface area contributed by atoms with Crippen molar-refractivity contribution in [3.8, 4) is 0 Å². The number of hydrogen-bond acceptors (Lipinski definition) is 3. The van der Waals surface area contributed by atoms with Crippen molar-refractivity contribution in [2.75, 3.05) is 4.72 Å². The Morgan fingerprint density at radius 2 is 1.75 bits per heavy atom. The molecule has 1 unspecified atom stereocenters. The highest BCUT2D eigenvalue weighted by Gasteiger charge is 2.15. The molecule has 0 spiro atoms. The van der Waals surface area contributed by atoms with E-state index in [9.17, 15) is 13.0 Å². The minimum atomic E-state index is -1.75. The van der Waals surface area contributed by atoms with Crippen molar-refractivity contribution < 1.29 is 13.0 Å². The highest BCUT2D eigenvalue weighted by Crippen LogP contribution is 2.24. The fourth-order valence-corrected chi connectivity index (χ4v) is 3.01. The minimum absolute atomic E-state index is 0.0295. The number of aromatic nitrogens is 2. The lowest BCUT2D eigenvalue weighted by atomic mass is 10.2. The molecule has 1 atom stereocenters. The summed E-state index contributed by atoms with van der Waals surface area (Å²) in [7, 11) is -1.75. The van der Waals surface area contributed by atoms with Gasteiger partial charge in [-0.15, -0.1) is 0 Å². The van der Waals surface area contributed by atoms with Gasteiger partial charge in [0.25, 0.3) is 0 Å². The highest BCUT2D eigenvalue weighted by molar-refractivity contribution is 7.86. The number of nitrogens with one attached hydrogen (secondary N) is 1. The lowest BCUT2D eigenvalue weighted by molar-refractivity contribution is 0.571. The molecule has 0 bridgehead atoms. The summed E-state index contributed by atoms with van der Waals surface area (Å²) in [4.78, 5) is 8.66. The molecule has 7 heteroatoms. The quantitative estimate of drug-likeness (QED) is 0.763. The third-order valence-corrected chi connectivity index (χ3v) is 4.32. The molecule has 0 radical (unpaired) electrons. The molecule has 1 aromatic heterocycles. The van der Waals surface area contributed by atoms with E-state index in [1.54, 1.807) is 18.2 Å². The molecule has 0 saturated carbocycles. The van der Waals surface area contributed by atoms with Gasteiger partial charge < -0.3 is 0 Å². The number of rotatable bonds is 3. The zero-order valence-electron chi connectivity index (χ0n) is 13.5. The molecular formula is C17H17F2N3OS. The molecule has 3 rings (SSSR count). The Morgan fingerprint density at radius 1 is 1.04 bits per heavy atom. The number of anilines is 1. The molecule has 0 aliphatic heterocycles. The lowest BCUT2D eigenvalue weighted by Crippen LogP contribution is -2.08. The van der Waals surface area contributed by atoms with Crippen LogP contribution in [0.25, 0.3) is 11.0 Å². The van der Waals surface area contributed by atoms with Crippen molar-refractivity contribution in [2.45, 2.75) is 25.7 Å². The van der Waals surface area contributed by atoms with Crippen molar-refractivity contribution in [2.24, 2.45) is 0 Å². The number of nitrogens with zero attached hydrogens (tertiary/aromatic N) is 2. The van der Waals surface area contributed by atoms with E-state index < -0.39 is 22.6 Å². The van der Waals surface area contributed by atoms with Crippen molar-refractivity contribution in [3.63, 3.8) is 0 Å². The Hall–Kier alpha value is -2.41. The summed E-state index contributed by atoms with van der Waals surface area (Å²) in [6.45, 7) is 5.32. The fourth-order valence-electron chi connectivity index (χ4n) is 2.01. The summed E-state index contributed by atoms with van der Waals surface area (Å²) in [5.74, 6) is -1.41. The Kier molecular flexibility index (Phi) is 5.92. The van der Waals surface area contributed by atoms with Gasteiger partial charge in [-0.3, -0.25) is 14.7 Å². The Balaban J connectivity index is 0.00000100. The third kappa shape index (κ3) is 3.56. The van der Waals surface area contributed by atoms with E-state index in [1.807, 2.05) is 13.8 Å². The molecule has 1 N–H and O–H groups in total. The van der Waals surface area contributed by atoms with Crippen LogP contribution in [0.1, 0.15) is 19.4 Å². The van der Waals surface area contributed by atoms with Crippen LogP contribution in [0.2, 0.25) is 0 Å². The number of halogens is 2. The van der Waals surface area contributed by atoms with Gasteiger partial charge >= 0.3 is 0 Å². The van der Waals surface area contributed by atoms with Crippen molar-refractivity contribution in [3.05, 3.63) is 59.9 Å². The van der Waals surface area contributed by atoms with Gasteiger partial charge in [0.15, 0.2) is 16.8 Å². The molecule has 0 fully saturated rings. The number of hydrogen-bond donors (Lipinski definition) is 1. The second kappa shape index (κ2) is 7.92. The summed E-state index contributed by atoms with van der Waals surface area (Å²) < 4.78 is 42.3. The molecule has 0 aliphatic carbocycles. The Bertz CT molecular complexity index is 882. The fraction of sp³-hybridized carbons (Fsp3) is 0.176. The van der Waals surface area contributed by atoms with Crippen LogP contribution in [0.15, 0.2) is 47.6 Å². The zero-order valence-corrected chi connectivity index (χ0v) is 14.3. The highest BCUT2D eigenvalue weighted by atomic mass is 32.2. The standard InChI is InChI=1S/C15H11F2N3OS.C2H6/c1-9-10(16)5-6-11(14(9)17)20-22(21)13-4-2-3-12-15(13)19-8-7-18-12;1-2/h2-8,20H,1H3;1-2H3. The number of fused-ring (bicyclic) bond motifs is 1. The first-order chi connectivity index (χ1) is 11.6. The van der Waals surface area contributed by atoms with E-state index in [4.69, 9.17) is 0 Å². The van der Waals surface area contributed by atoms with Crippen LogP contribution in [0.5, 0.6) is 0 Å². The van der Waals surface area contributed by atoms with Gasteiger partial charge in [0.05, 0.1) is 16.1 Å². The average molecular weight is 349 g/mol. The summed E-state index contributed by atoms with van der Waals surface area (Å²) in [6, 6.07) is 7.39. The SMILES string of the molecule is CC.Cc1c(F)ccc(NS(=O)c2cccc3nccnc23)c1F. The first-order valence-electron chi connectivity index (χ1n) is 7.40. The molecule has 126 valence electrons. The topological polar surface area (TPSA) is 54.9 Å². The molecule has 0 amide bonds. The van der Waals surface area contributed by atoms with Crippen molar-refractivity contribution in [1.82, 2.24) is 9.97 Å². The van der Waals surface area contributed by atoms with Gasteiger partial charge in [0.1, 0.15) is 11.3 Å². The van der Waals surface area contributed by atoms with Gasteiger partial charge in [0.2, 0.25) is 0 Å². The van der Waals surface area contributed by atoms with Crippen LogP contribution >= 0.6 is 0 Å². The second-order valence-corrected chi connectivity index (χ2v) is 5.77. The summed E-state index contributed by atoms with van der Waals surface area (Å²) in [5.41, 5.74) is 0.902. The van der Waals surface area contributed by atoms with Crippen LogP contribution < -0.4 is 4.72 Å². The minimum Gasteiger partial charge on any atom is -0.298 e. The van der Waals surface area contributed by atoms with E-state index in [0.29, 0.717) is 15.9 Å². The molecule has 0 aliphatic rings. The maximum atomic E-state index is 14.0. The van der Waals surface area contributed by atoms with E-state index in [1.165, 1.54) is 25.4 Å². The Labute approximate surface area is 141 Å². The first-order valence-corrected chi connectivity index (χ1v) is 8.55. The summed E-state index contributed by atoms with van der Waals surface area (Å²) in [5, 5.41) is 0. The molecule has 0 saturated heterocycles. The average Bonchev–Trinajstić information content (AvgIpc) is 2.63. The summed E-state index contributed by atoms with van der Waals surface area (Å²) >= 11 is 0. The molecule has 1 heterocycles. The summed E-state index contributed by atoms with van der Waals surface area (Å²) in [6.07, 6.45) is 3.02. The van der Waals surface area contributed by atoms with Crippen LogP contribution in [0.4, 0.5) is 14.5 Å². The Morgan fingerprint density at radius 3 is 2.50 bits per heavy atom. The molecule has 24 heavy (non-hydrogen) atoms. The van der Waals surface area contributed by atoms with E-state index in [-0.39, 0.29) is 11.3 Å². The number of benzene rings is 2. The lowest BCUT2D eigenvalue weighted by Gasteiger charge is -2.10. The predicted molar refractivity (Wildman–Crippen MR) is 92.0 cm³/mol. The monoisotopic (exact) mass is 349 g/mol. The molecular weight excluding hydrogens is 332 g/mol. The van der Waals surface area contributed by atoms with Crippen LogP contribution in [-0.2, 0) is 11.0 Å². The van der Waals surface area contributed by atoms with Gasteiger partial charge in [0, 0.05) is 18.0 Å². The molecule has 3 aromatic rings. The third-order valence-electron chi connectivity index (χ3n) is 3.18. The van der Waals surface area contributed by atoms with Crippen LogP contribution in [-0.4, -0.2) is 14.2 Å². The van der Waals surface area contributed by atoms with Gasteiger partial charge in [-0.25, -0.2) is 13.0 Å². The van der Waals surface area contributed by atoms with Crippen molar-refractivity contribution in [1.29, 1.82) is 0 Å². The molecule has 2 aromatic carbocycles. The van der Waals surface area contributed by atoms with Gasteiger partial charge in [-0.05, 0) is 31.2 Å². The smallest absolute Gasteiger partial charge is 0.153 e. The van der Waals surface area contributed by atoms with Crippen molar-refractivity contribution >= 4 is 27.7 Å². The van der Waals surface area contributed by atoms with E-state index in [2.05, 4.69) is 14.7 Å². The zero-order chi connectivity index (χ0) is 17.7. The van der Waals surface area contributed by atoms with E-state index in [0.717, 1.165) is 6.07 Å². The van der Waals surface area contributed by atoms with Crippen LogP contribution in [0.3, 0.4) is 0 Å². The van der Waals surface area contributed by atoms with E-state index >= 15 is 0 Å². The maximum absolute atomic E-state index is 14.0. The van der Waals surface area contributed by atoms with Crippen LogP contribution in [0, 0.1) is 18.6 Å². The number of para-hydroxylation sites is 1. The van der Waals surface area contributed by atoms with Gasteiger partial charge in [-0.1, -0.05) is 19.9 Å². The maximum Gasteiger partial charge on any atom is 0.153 e. The normalized spacial score (nSPS) is 11.5.